The molecule has 166 valence electrons. The molecular formula is C23H26F3N3O2. The summed E-state index contributed by atoms with van der Waals surface area (Å²) in [7, 11) is 1.62. The summed E-state index contributed by atoms with van der Waals surface area (Å²) in [5.41, 5.74) is -0.249. The number of aliphatic hydroxyl groups is 1. The van der Waals surface area contributed by atoms with Crippen molar-refractivity contribution in [1.82, 2.24) is 4.90 Å². The standard InChI is InChI=1S/C23H26F3N3O2/c1-21(2)18-14-17(31-3)7-8-19(18)27-20(28-21)29-11-9-22(30,10-12-29)15-5-4-6-16(13-15)23(24,25)26/h4-8,13-14,30H,9-12H2,1-3H3,(H,27,28). The van der Waals surface area contributed by atoms with E-state index in [1.807, 2.05) is 36.9 Å². The van der Waals surface area contributed by atoms with Crippen LogP contribution >= 0.6 is 0 Å². The van der Waals surface area contributed by atoms with Crippen molar-refractivity contribution in [3.63, 3.8) is 0 Å². The highest BCUT2D eigenvalue weighted by Gasteiger charge is 2.39. The Morgan fingerprint density at radius 3 is 2.45 bits per heavy atom. The number of ether oxygens (including phenoxy) is 1. The fraction of sp³-hybridized carbons (Fsp3) is 0.435. The quantitative estimate of drug-likeness (QED) is 0.720. The average molecular weight is 433 g/mol. The molecule has 0 aromatic heterocycles. The van der Waals surface area contributed by atoms with E-state index in [-0.39, 0.29) is 0 Å². The van der Waals surface area contributed by atoms with Gasteiger partial charge in [-0.1, -0.05) is 12.1 Å². The third-order valence-corrected chi connectivity index (χ3v) is 6.14. The summed E-state index contributed by atoms with van der Waals surface area (Å²) in [5.74, 6) is 1.46. The molecule has 1 saturated heterocycles. The van der Waals surface area contributed by atoms with Gasteiger partial charge in [0.25, 0.3) is 0 Å². The van der Waals surface area contributed by atoms with Crippen LogP contribution in [0.15, 0.2) is 47.5 Å². The van der Waals surface area contributed by atoms with Gasteiger partial charge in [0, 0.05) is 24.3 Å². The predicted octanol–water partition coefficient (Wildman–Crippen LogP) is 4.71. The van der Waals surface area contributed by atoms with Gasteiger partial charge in [-0.05, 0) is 62.6 Å². The molecule has 2 aromatic carbocycles. The first-order valence-electron chi connectivity index (χ1n) is 10.2. The number of benzene rings is 2. The van der Waals surface area contributed by atoms with Crippen molar-refractivity contribution < 1.29 is 23.0 Å². The number of nitrogens with one attached hydrogen (secondary N) is 1. The topological polar surface area (TPSA) is 57.1 Å². The van der Waals surface area contributed by atoms with Crippen LogP contribution in [-0.4, -0.2) is 36.2 Å². The van der Waals surface area contributed by atoms with Crippen LogP contribution < -0.4 is 10.1 Å². The molecule has 0 radical (unpaired) electrons. The molecule has 2 heterocycles. The number of nitrogens with zero attached hydrogens (tertiary/aromatic N) is 2. The number of piperidine rings is 1. The lowest BCUT2D eigenvalue weighted by Crippen LogP contribution is -2.49. The number of fused-ring (bicyclic) bond motifs is 1. The Hall–Kier alpha value is -2.74. The van der Waals surface area contributed by atoms with Crippen molar-refractivity contribution in [3.8, 4) is 5.75 Å². The number of halogens is 3. The summed E-state index contributed by atoms with van der Waals surface area (Å²) < 4.78 is 44.6. The van der Waals surface area contributed by atoms with Gasteiger partial charge >= 0.3 is 6.18 Å². The van der Waals surface area contributed by atoms with Gasteiger partial charge in [-0.25, -0.2) is 4.99 Å². The summed E-state index contributed by atoms with van der Waals surface area (Å²) >= 11 is 0. The lowest BCUT2D eigenvalue weighted by molar-refractivity contribution is -0.137. The molecule has 0 atom stereocenters. The number of guanidine groups is 1. The summed E-state index contributed by atoms with van der Waals surface area (Å²) in [5, 5.41) is 14.5. The van der Waals surface area contributed by atoms with Gasteiger partial charge in [-0.15, -0.1) is 0 Å². The molecule has 2 aromatic rings. The maximum absolute atomic E-state index is 13.1. The Bertz CT molecular complexity index is 1010. The Kier molecular flexibility index (Phi) is 5.16. The molecule has 31 heavy (non-hydrogen) atoms. The Labute approximate surface area is 179 Å². The van der Waals surface area contributed by atoms with Gasteiger partial charge in [0.2, 0.25) is 0 Å². The van der Waals surface area contributed by atoms with Crippen molar-refractivity contribution in [3.05, 3.63) is 59.2 Å². The maximum Gasteiger partial charge on any atom is 0.416 e. The van der Waals surface area contributed by atoms with Gasteiger partial charge in [-0.2, -0.15) is 13.2 Å². The lowest BCUT2D eigenvalue weighted by Gasteiger charge is -2.42. The van der Waals surface area contributed by atoms with Crippen LogP contribution in [0, 0.1) is 0 Å². The second-order valence-corrected chi connectivity index (χ2v) is 8.63. The van der Waals surface area contributed by atoms with E-state index in [2.05, 4.69) is 5.32 Å². The van der Waals surface area contributed by atoms with Gasteiger partial charge < -0.3 is 20.1 Å². The van der Waals surface area contributed by atoms with Crippen molar-refractivity contribution in [2.75, 3.05) is 25.5 Å². The molecule has 2 aliphatic heterocycles. The molecule has 0 saturated carbocycles. The fourth-order valence-electron chi connectivity index (χ4n) is 4.25. The third-order valence-electron chi connectivity index (χ3n) is 6.14. The minimum atomic E-state index is -4.44. The van der Waals surface area contributed by atoms with Crippen LogP contribution in [0.25, 0.3) is 0 Å². The Balaban J connectivity index is 1.52. The number of rotatable bonds is 2. The van der Waals surface area contributed by atoms with Crippen molar-refractivity contribution in [2.24, 2.45) is 4.99 Å². The molecule has 0 amide bonds. The molecule has 0 bridgehead atoms. The summed E-state index contributed by atoms with van der Waals surface area (Å²) in [4.78, 5) is 6.91. The molecule has 5 nitrogen and oxygen atoms in total. The van der Waals surface area contributed by atoms with E-state index in [9.17, 15) is 18.3 Å². The van der Waals surface area contributed by atoms with Gasteiger partial charge in [0.1, 0.15) is 5.75 Å². The first-order valence-corrected chi connectivity index (χ1v) is 10.2. The van der Waals surface area contributed by atoms with Crippen LogP contribution in [0.1, 0.15) is 43.4 Å². The van der Waals surface area contributed by atoms with Crippen molar-refractivity contribution in [1.29, 1.82) is 0 Å². The smallest absolute Gasteiger partial charge is 0.416 e. The Morgan fingerprint density at radius 2 is 1.81 bits per heavy atom. The lowest BCUT2D eigenvalue weighted by atomic mass is 9.83. The Morgan fingerprint density at radius 1 is 1.10 bits per heavy atom. The molecule has 8 heteroatoms. The van der Waals surface area contributed by atoms with E-state index < -0.39 is 22.9 Å². The molecule has 0 unspecified atom stereocenters. The predicted molar refractivity (Wildman–Crippen MR) is 113 cm³/mol. The SMILES string of the molecule is COc1ccc2c(c1)C(C)(C)N=C(N1CCC(O)(c3cccc(C(F)(F)F)c3)CC1)N2. The highest BCUT2D eigenvalue weighted by atomic mass is 19.4. The van der Waals surface area contributed by atoms with Crippen LogP contribution in [0.4, 0.5) is 18.9 Å². The summed E-state index contributed by atoms with van der Waals surface area (Å²) in [6, 6.07) is 10.8. The molecule has 2 N–H and O–H groups in total. The van der Waals surface area contributed by atoms with Gasteiger partial charge in [-0.3, -0.25) is 0 Å². The molecule has 0 aliphatic carbocycles. The third kappa shape index (κ3) is 4.08. The zero-order valence-electron chi connectivity index (χ0n) is 17.8. The minimum Gasteiger partial charge on any atom is -0.497 e. The normalized spacial score (nSPS) is 19.8. The number of aliphatic imine (C=N–C) groups is 1. The monoisotopic (exact) mass is 433 g/mol. The largest absolute Gasteiger partial charge is 0.497 e. The van der Waals surface area contributed by atoms with Gasteiger partial charge in [0.05, 0.1) is 23.8 Å². The summed E-state index contributed by atoms with van der Waals surface area (Å²) in [6.07, 6.45) is -3.81. The van der Waals surface area contributed by atoms with Crippen molar-refractivity contribution in [2.45, 2.75) is 44.0 Å². The zero-order chi connectivity index (χ0) is 22.4. The van der Waals surface area contributed by atoms with E-state index in [1.54, 1.807) is 13.2 Å². The van der Waals surface area contributed by atoms with Gasteiger partial charge in [0.15, 0.2) is 5.96 Å². The maximum atomic E-state index is 13.1. The summed E-state index contributed by atoms with van der Waals surface area (Å²) in [6.45, 7) is 4.99. The highest BCUT2D eigenvalue weighted by molar-refractivity contribution is 5.97. The molecule has 0 spiro atoms. The van der Waals surface area contributed by atoms with E-state index in [0.717, 1.165) is 29.1 Å². The number of methoxy groups -OCH3 is 1. The number of likely N-dealkylation sites (tertiary alicyclic amines) is 1. The molecule has 4 rings (SSSR count). The first-order chi connectivity index (χ1) is 14.5. The number of hydrogen-bond acceptors (Lipinski definition) is 5. The fourth-order valence-corrected chi connectivity index (χ4v) is 4.25. The van der Waals surface area contributed by atoms with Crippen LogP contribution in [0.5, 0.6) is 5.75 Å². The second-order valence-electron chi connectivity index (χ2n) is 8.63. The molecule has 1 fully saturated rings. The van der Waals surface area contributed by atoms with Crippen molar-refractivity contribution >= 4 is 11.6 Å². The van der Waals surface area contributed by atoms with Crippen LogP contribution in [-0.2, 0) is 17.3 Å². The minimum absolute atomic E-state index is 0.304. The first kappa shape index (κ1) is 21.5. The van der Waals surface area contributed by atoms with Crippen LogP contribution in [0.2, 0.25) is 0 Å². The van der Waals surface area contributed by atoms with E-state index in [1.165, 1.54) is 6.07 Å². The average Bonchev–Trinajstić information content (AvgIpc) is 2.73. The van der Waals surface area contributed by atoms with E-state index in [0.29, 0.717) is 37.5 Å². The van der Waals surface area contributed by atoms with E-state index >= 15 is 0 Å². The number of alkyl halides is 3. The molecular weight excluding hydrogens is 407 g/mol. The van der Waals surface area contributed by atoms with Crippen LogP contribution in [0.3, 0.4) is 0 Å². The highest BCUT2D eigenvalue weighted by Crippen LogP contribution is 2.40. The number of hydrogen-bond donors (Lipinski definition) is 2. The van der Waals surface area contributed by atoms with E-state index in [4.69, 9.17) is 9.73 Å². The number of anilines is 1. The zero-order valence-corrected chi connectivity index (χ0v) is 17.8. The second kappa shape index (κ2) is 7.44. The molecule has 2 aliphatic rings.